The lowest BCUT2D eigenvalue weighted by atomic mass is 9.93. The molecule has 2 atom stereocenters. The molecule has 1 amide bonds. The first-order valence-electron chi connectivity index (χ1n) is 8.56. The highest BCUT2D eigenvalue weighted by Gasteiger charge is 2.48. The Hall–Kier alpha value is -2.48. The molecule has 1 fully saturated rings. The molecule has 0 unspecified atom stereocenters. The first-order chi connectivity index (χ1) is 13.0. The van der Waals surface area contributed by atoms with E-state index in [2.05, 4.69) is 4.99 Å². The van der Waals surface area contributed by atoms with Gasteiger partial charge in [-0.2, -0.15) is 0 Å². The summed E-state index contributed by atoms with van der Waals surface area (Å²) in [6, 6.07) is 4.62. The van der Waals surface area contributed by atoms with E-state index in [9.17, 15) is 9.59 Å². The molecule has 7 nitrogen and oxygen atoms in total. The minimum absolute atomic E-state index is 0.0787. The summed E-state index contributed by atoms with van der Waals surface area (Å²) in [6.45, 7) is 3.71. The van der Waals surface area contributed by atoms with Gasteiger partial charge in [-0.15, -0.1) is 0 Å². The van der Waals surface area contributed by atoms with Crippen LogP contribution in [0.15, 0.2) is 34.5 Å². The predicted molar refractivity (Wildman–Crippen MR) is 103 cm³/mol. The van der Waals surface area contributed by atoms with E-state index in [1.54, 1.807) is 44.2 Å². The van der Waals surface area contributed by atoms with Crippen molar-refractivity contribution in [3.8, 4) is 11.5 Å². The normalized spacial score (nSPS) is 21.7. The van der Waals surface area contributed by atoms with Gasteiger partial charge < -0.3 is 14.2 Å². The zero-order valence-electron chi connectivity index (χ0n) is 15.9. The van der Waals surface area contributed by atoms with Gasteiger partial charge in [-0.05, 0) is 31.5 Å². The second-order valence-corrected chi connectivity index (χ2v) is 7.29. The van der Waals surface area contributed by atoms with Crippen molar-refractivity contribution in [2.24, 2.45) is 4.99 Å². The molecular formula is C19H22N2O5S. The van der Waals surface area contributed by atoms with Crippen LogP contribution in [0.1, 0.15) is 31.9 Å². The monoisotopic (exact) mass is 390 g/mol. The van der Waals surface area contributed by atoms with Crippen LogP contribution in [0.2, 0.25) is 0 Å². The number of carbonyl (C=O) groups excluding carboxylic acids is 2. The fraction of sp³-hybridized carbons (Fsp3) is 0.421. The summed E-state index contributed by atoms with van der Waals surface area (Å²) in [4.78, 5) is 31.7. The number of allylic oxidation sites excluding steroid dienone is 1. The predicted octanol–water partition coefficient (Wildman–Crippen LogP) is 2.92. The van der Waals surface area contributed by atoms with Gasteiger partial charge in [0.05, 0.1) is 37.8 Å². The number of benzene rings is 1. The number of carbonyl (C=O) groups is 2. The number of thioether (sulfide) groups is 1. The number of methoxy groups -OCH3 is 3. The molecule has 1 saturated heterocycles. The Morgan fingerprint density at radius 1 is 1.26 bits per heavy atom. The fourth-order valence-electron chi connectivity index (χ4n) is 3.31. The molecule has 2 aliphatic rings. The number of esters is 1. The van der Waals surface area contributed by atoms with Crippen molar-refractivity contribution in [2.75, 3.05) is 21.3 Å². The molecule has 0 aliphatic carbocycles. The van der Waals surface area contributed by atoms with E-state index >= 15 is 0 Å². The average molecular weight is 390 g/mol. The molecule has 0 radical (unpaired) electrons. The minimum atomic E-state index is -0.688. The average Bonchev–Trinajstić information content (AvgIpc) is 3.00. The highest BCUT2D eigenvalue weighted by Crippen LogP contribution is 2.46. The lowest BCUT2D eigenvalue weighted by molar-refractivity contribution is -0.137. The number of amides is 1. The van der Waals surface area contributed by atoms with Crippen LogP contribution in [0.5, 0.6) is 11.5 Å². The summed E-state index contributed by atoms with van der Waals surface area (Å²) < 4.78 is 15.9. The van der Waals surface area contributed by atoms with Crippen molar-refractivity contribution in [2.45, 2.75) is 31.6 Å². The SMILES string of the molecule is CC[C@@H]1SC2=NC(C)=C(C(=O)OC)[C@H](c3cc(OC)ccc3OC)N2C1=O. The van der Waals surface area contributed by atoms with Gasteiger partial charge in [0.2, 0.25) is 5.91 Å². The molecule has 2 heterocycles. The van der Waals surface area contributed by atoms with Crippen molar-refractivity contribution < 1.29 is 23.8 Å². The van der Waals surface area contributed by atoms with Gasteiger partial charge in [0, 0.05) is 5.56 Å². The lowest BCUT2D eigenvalue weighted by Gasteiger charge is -2.33. The van der Waals surface area contributed by atoms with Crippen LogP contribution in [-0.4, -0.2) is 48.5 Å². The Morgan fingerprint density at radius 2 is 2.00 bits per heavy atom. The summed E-state index contributed by atoms with van der Waals surface area (Å²) in [5.41, 5.74) is 1.49. The van der Waals surface area contributed by atoms with E-state index < -0.39 is 12.0 Å². The van der Waals surface area contributed by atoms with E-state index in [1.165, 1.54) is 18.9 Å². The zero-order valence-corrected chi connectivity index (χ0v) is 16.8. The Labute approximate surface area is 162 Å². The van der Waals surface area contributed by atoms with Crippen molar-refractivity contribution in [3.05, 3.63) is 35.0 Å². The van der Waals surface area contributed by atoms with Crippen LogP contribution in [0, 0.1) is 0 Å². The van der Waals surface area contributed by atoms with Crippen molar-refractivity contribution in [3.63, 3.8) is 0 Å². The number of fused-ring (bicyclic) bond motifs is 1. The highest BCUT2D eigenvalue weighted by molar-refractivity contribution is 8.15. The summed E-state index contributed by atoms with van der Waals surface area (Å²) in [6.07, 6.45) is 0.674. The number of hydrogen-bond acceptors (Lipinski definition) is 7. The topological polar surface area (TPSA) is 77.4 Å². The third-order valence-corrected chi connectivity index (χ3v) is 5.98. The van der Waals surface area contributed by atoms with Gasteiger partial charge in [0.15, 0.2) is 5.17 Å². The Kier molecular flexibility index (Phi) is 5.46. The van der Waals surface area contributed by atoms with Gasteiger partial charge in [-0.1, -0.05) is 18.7 Å². The smallest absolute Gasteiger partial charge is 0.338 e. The molecule has 0 saturated carbocycles. The Bertz CT molecular complexity index is 849. The summed E-state index contributed by atoms with van der Waals surface area (Å²) in [7, 11) is 4.43. The van der Waals surface area contributed by atoms with Gasteiger partial charge >= 0.3 is 5.97 Å². The van der Waals surface area contributed by atoms with Crippen molar-refractivity contribution in [1.29, 1.82) is 0 Å². The standard InChI is InChI=1S/C19H22N2O5S/c1-6-14-17(22)21-16(12-9-11(24-3)7-8-13(12)25-4)15(18(23)26-5)10(2)20-19(21)27-14/h7-9,14,16H,6H2,1-5H3/t14-,16-/m0/s1. The van der Waals surface area contributed by atoms with Gasteiger partial charge in [-0.25, -0.2) is 9.79 Å². The van der Waals surface area contributed by atoms with Gasteiger partial charge in [0.1, 0.15) is 17.5 Å². The molecule has 1 aromatic carbocycles. The number of hydrogen-bond donors (Lipinski definition) is 0. The first-order valence-corrected chi connectivity index (χ1v) is 9.44. The van der Waals surface area contributed by atoms with Crippen LogP contribution in [0.3, 0.4) is 0 Å². The first kappa shape index (κ1) is 19.3. The van der Waals surface area contributed by atoms with Crippen molar-refractivity contribution >= 4 is 28.8 Å². The molecule has 27 heavy (non-hydrogen) atoms. The molecule has 0 aromatic heterocycles. The van der Waals surface area contributed by atoms with Crippen LogP contribution in [0.25, 0.3) is 0 Å². The van der Waals surface area contributed by atoms with E-state index in [0.29, 0.717) is 39.9 Å². The highest BCUT2D eigenvalue weighted by atomic mass is 32.2. The molecule has 0 N–H and O–H groups in total. The van der Waals surface area contributed by atoms with Crippen LogP contribution in [0.4, 0.5) is 0 Å². The number of rotatable bonds is 5. The van der Waals surface area contributed by atoms with Crippen molar-refractivity contribution in [1.82, 2.24) is 4.90 Å². The molecule has 2 aliphatic heterocycles. The molecular weight excluding hydrogens is 368 g/mol. The maximum atomic E-state index is 13.0. The van der Waals surface area contributed by atoms with Gasteiger partial charge in [-0.3, -0.25) is 9.69 Å². The molecule has 1 aromatic rings. The third kappa shape index (κ3) is 3.18. The van der Waals surface area contributed by atoms with E-state index in [0.717, 1.165) is 0 Å². The number of aliphatic imine (C=N–C) groups is 1. The maximum absolute atomic E-state index is 13.0. The summed E-state index contributed by atoms with van der Waals surface area (Å²) in [5, 5.41) is 0.361. The number of nitrogens with zero attached hydrogens (tertiary/aromatic N) is 2. The second-order valence-electron chi connectivity index (χ2n) is 6.12. The lowest BCUT2D eigenvalue weighted by Crippen LogP contribution is -2.40. The fourth-order valence-corrected chi connectivity index (χ4v) is 4.44. The Balaban J connectivity index is 2.24. The summed E-state index contributed by atoms with van der Waals surface area (Å²) >= 11 is 1.42. The quantitative estimate of drug-likeness (QED) is 0.720. The third-order valence-electron chi connectivity index (χ3n) is 4.66. The molecule has 8 heteroatoms. The number of amidine groups is 1. The van der Waals surface area contributed by atoms with E-state index in [4.69, 9.17) is 14.2 Å². The van der Waals surface area contributed by atoms with Crippen LogP contribution < -0.4 is 9.47 Å². The Morgan fingerprint density at radius 3 is 2.59 bits per heavy atom. The molecule has 0 bridgehead atoms. The maximum Gasteiger partial charge on any atom is 0.338 e. The van der Waals surface area contributed by atoms with Crippen LogP contribution >= 0.6 is 11.8 Å². The number of ether oxygens (including phenoxy) is 3. The molecule has 0 spiro atoms. The molecule has 3 rings (SSSR count). The van der Waals surface area contributed by atoms with E-state index in [-0.39, 0.29) is 11.2 Å². The van der Waals surface area contributed by atoms with Crippen LogP contribution in [-0.2, 0) is 14.3 Å². The summed E-state index contributed by atoms with van der Waals surface area (Å²) in [5.74, 6) is 0.546. The largest absolute Gasteiger partial charge is 0.497 e. The second kappa shape index (κ2) is 7.64. The minimum Gasteiger partial charge on any atom is -0.497 e. The zero-order chi connectivity index (χ0) is 19.7. The molecule has 144 valence electrons. The van der Waals surface area contributed by atoms with E-state index in [1.807, 2.05) is 6.92 Å². The van der Waals surface area contributed by atoms with Gasteiger partial charge in [0.25, 0.3) is 0 Å².